The molecule has 19 heavy (non-hydrogen) atoms. The molecular formula is C15H14N4. The van der Waals surface area contributed by atoms with Crippen LogP contribution in [0.3, 0.4) is 0 Å². The first-order valence-corrected chi connectivity index (χ1v) is 6.15. The summed E-state index contributed by atoms with van der Waals surface area (Å²) in [6, 6.07) is 10.2. The van der Waals surface area contributed by atoms with E-state index in [0.717, 1.165) is 33.4 Å². The van der Waals surface area contributed by atoms with Crippen molar-refractivity contribution in [3.63, 3.8) is 0 Å². The molecule has 94 valence electrons. The Kier molecular flexibility index (Phi) is 2.83. The standard InChI is InChI=1S/C15H14N4/c1-10-7-11(9-17-8-10)14-12-5-3-4-6-13(12)15(16-2)19-18-14/h3-9H,1-2H3,(H,16,19). The summed E-state index contributed by atoms with van der Waals surface area (Å²) in [7, 11) is 1.85. The largest absolute Gasteiger partial charge is 0.371 e. The van der Waals surface area contributed by atoms with Gasteiger partial charge in [0.2, 0.25) is 0 Å². The van der Waals surface area contributed by atoms with Gasteiger partial charge in [0.25, 0.3) is 0 Å². The molecule has 0 amide bonds. The summed E-state index contributed by atoms with van der Waals surface area (Å²) in [5.74, 6) is 0.792. The molecule has 2 heterocycles. The van der Waals surface area contributed by atoms with Crippen molar-refractivity contribution in [1.29, 1.82) is 0 Å². The van der Waals surface area contributed by atoms with Crippen LogP contribution in [-0.2, 0) is 0 Å². The van der Waals surface area contributed by atoms with Crippen LogP contribution in [0.25, 0.3) is 22.0 Å². The van der Waals surface area contributed by atoms with Crippen molar-refractivity contribution in [2.24, 2.45) is 0 Å². The highest BCUT2D eigenvalue weighted by Crippen LogP contribution is 2.29. The molecule has 0 atom stereocenters. The lowest BCUT2D eigenvalue weighted by atomic mass is 10.1. The van der Waals surface area contributed by atoms with Crippen LogP contribution in [0.4, 0.5) is 5.82 Å². The van der Waals surface area contributed by atoms with Crippen LogP contribution in [0.5, 0.6) is 0 Å². The van der Waals surface area contributed by atoms with E-state index in [9.17, 15) is 0 Å². The van der Waals surface area contributed by atoms with Crippen molar-refractivity contribution in [3.8, 4) is 11.3 Å². The van der Waals surface area contributed by atoms with Crippen molar-refractivity contribution < 1.29 is 0 Å². The minimum absolute atomic E-state index is 0.792. The highest BCUT2D eigenvalue weighted by atomic mass is 15.2. The number of aromatic nitrogens is 3. The number of benzene rings is 1. The summed E-state index contributed by atoms with van der Waals surface area (Å²) in [5, 5.41) is 13.8. The number of aryl methyl sites for hydroxylation is 1. The monoisotopic (exact) mass is 250 g/mol. The maximum Gasteiger partial charge on any atom is 0.156 e. The predicted octanol–water partition coefficient (Wildman–Crippen LogP) is 3.04. The molecule has 0 unspecified atom stereocenters. The molecule has 0 saturated carbocycles. The summed E-state index contributed by atoms with van der Waals surface area (Å²) < 4.78 is 0. The van der Waals surface area contributed by atoms with E-state index in [1.807, 2.05) is 44.6 Å². The number of rotatable bonds is 2. The first kappa shape index (κ1) is 11.6. The minimum atomic E-state index is 0.792. The molecule has 0 aliphatic rings. The molecule has 1 N–H and O–H groups in total. The number of nitrogens with one attached hydrogen (secondary N) is 1. The Balaban J connectivity index is 2.31. The van der Waals surface area contributed by atoms with Crippen LogP contribution in [0.1, 0.15) is 5.56 Å². The van der Waals surface area contributed by atoms with Crippen molar-refractivity contribution in [3.05, 3.63) is 48.3 Å². The lowest BCUT2D eigenvalue weighted by Gasteiger charge is -2.08. The second kappa shape index (κ2) is 4.65. The molecule has 0 radical (unpaired) electrons. The maximum absolute atomic E-state index is 4.34. The molecule has 0 aliphatic heterocycles. The second-order valence-electron chi connectivity index (χ2n) is 4.44. The zero-order valence-corrected chi connectivity index (χ0v) is 10.9. The molecule has 3 aromatic rings. The van der Waals surface area contributed by atoms with Crippen molar-refractivity contribution in [2.75, 3.05) is 12.4 Å². The summed E-state index contributed by atoms with van der Waals surface area (Å²) in [4.78, 5) is 4.23. The Morgan fingerprint density at radius 3 is 2.53 bits per heavy atom. The van der Waals surface area contributed by atoms with Crippen molar-refractivity contribution in [2.45, 2.75) is 6.92 Å². The third kappa shape index (κ3) is 2.01. The van der Waals surface area contributed by atoms with Crippen LogP contribution in [0, 0.1) is 6.92 Å². The van der Waals surface area contributed by atoms with Crippen molar-refractivity contribution >= 4 is 16.6 Å². The fraction of sp³-hybridized carbons (Fsp3) is 0.133. The summed E-state index contributed by atoms with van der Waals surface area (Å²) in [6.07, 6.45) is 3.66. The van der Waals surface area contributed by atoms with E-state index in [1.54, 1.807) is 0 Å². The van der Waals surface area contributed by atoms with Crippen LogP contribution in [0.15, 0.2) is 42.7 Å². The lowest BCUT2D eigenvalue weighted by Crippen LogP contribution is -1.98. The van der Waals surface area contributed by atoms with E-state index in [1.165, 1.54) is 0 Å². The Morgan fingerprint density at radius 1 is 1.00 bits per heavy atom. The van der Waals surface area contributed by atoms with Gasteiger partial charge < -0.3 is 5.32 Å². The zero-order valence-electron chi connectivity index (χ0n) is 10.9. The highest BCUT2D eigenvalue weighted by Gasteiger charge is 2.10. The van der Waals surface area contributed by atoms with Gasteiger partial charge in [-0.3, -0.25) is 4.98 Å². The average molecular weight is 250 g/mol. The second-order valence-corrected chi connectivity index (χ2v) is 4.44. The summed E-state index contributed by atoms with van der Waals surface area (Å²) in [5.41, 5.74) is 2.97. The molecule has 0 aliphatic carbocycles. The van der Waals surface area contributed by atoms with E-state index in [2.05, 4.69) is 32.6 Å². The Hall–Kier alpha value is -2.49. The topological polar surface area (TPSA) is 50.7 Å². The molecule has 0 fully saturated rings. The van der Waals surface area contributed by atoms with Gasteiger partial charge in [0, 0.05) is 35.8 Å². The first-order valence-electron chi connectivity index (χ1n) is 6.15. The molecule has 4 nitrogen and oxygen atoms in total. The molecule has 4 heteroatoms. The van der Waals surface area contributed by atoms with Gasteiger partial charge in [0.15, 0.2) is 5.82 Å². The van der Waals surface area contributed by atoms with Gasteiger partial charge in [-0.25, -0.2) is 0 Å². The van der Waals surface area contributed by atoms with Gasteiger partial charge in [-0.2, -0.15) is 0 Å². The highest BCUT2D eigenvalue weighted by molar-refractivity contribution is 5.99. The Bertz CT molecular complexity index is 737. The third-order valence-electron chi connectivity index (χ3n) is 3.07. The Morgan fingerprint density at radius 2 is 1.79 bits per heavy atom. The fourth-order valence-corrected chi connectivity index (χ4v) is 2.19. The minimum Gasteiger partial charge on any atom is -0.371 e. The smallest absolute Gasteiger partial charge is 0.156 e. The summed E-state index contributed by atoms with van der Waals surface area (Å²) >= 11 is 0. The number of nitrogens with zero attached hydrogens (tertiary/aromatic N) is 3. The molecule has 1 aromatic carbocycles. The predicted molar refractivity (Wildman–Crippen MR) is 77.1 cm³/mol. The van der Waals surface area contributed by atoms with Gasteiger partial charge in [-0.1, -0.05) is 24.3 Å². The van der Waals surface area contributed by atoms with Crippen molar-refractivity contribution in [1.82, 2.24) is 15.2 Å². The van der Waals surface area contributed by atoms with E-state index >= 15 is 0 Å². The zero-order chi connectivity index (χ0) is 13.2. The van der Waals surface area contributed by atoms with Crippen LogP contribution in [-0.4, -0.2) is 22.2 Å². The average Bonchev–Trinajstić information content (AvgIpc) is 2.46. The van der Waals surface area contributed by atoms with Crippen LogP contribution >= 0.6 is 0 Å². The summed E-state index contributed by atoms with van der Waals surface area (Å²) in [6.45, 7) is 2.02. The SMILES string of the molecule is CNc1nnc(-c2cncc(C)c2)c2ccccc12. The lowest BCUT2D eigenvalue weighted by molar-refractivity contribution is 1.05. The van der Waals surface area contributed by atoms with Crippen LogP contribution in [0.2, 0.25) is 0 Å². The molecule has 0 bridgehead atoms. The number of hydrogen-bond donors (Lipinski definition) is 1. The van der Waals surface area contributed by atoms with Crippen LogP contribution < -0.4 is 5.32 Å². The van der Waals surface area contributed by atoms with Gasteiger partial charge in [0.1, 0.15) is 5.69 Å². The van der Waals surface area contributed by atoms with Gasteiger partial charge in [-0.15, -0.1) is 10.2 Å². The molecule has 2 aromatic heterocycles. The van der Waals surface area contributed by atoms with Gasteiger partial charge >= 0.3 is 0 Å². The molecule has 0 spiro atoms. The molecule has 3 rings (SSSR count). The maximum atomic E-state index is 4.34. The molecular weight excluding hydrogens is 236 g/mol. The van der Waals surface area contributed by atoms with Gasteiger partial charge in [0.05, 0.1) is 0 Å². The Labute approximate surface area is 111 Å². The van der Waals surface area contributed by atoms with E-state index in [0.29, 0.717) is 0 Å². The first-order chi connectivity index (χ1) is 9.29. The number of pyridine rings is 1. The third-order valence-corrected chi connectivity index (χ3v) is 3.07. The number of hydrogen-bond acceptors (Lipinski definition) is 4. The quantitative estimate of drug-likeness (QED) is 0.759. The van der Waals surface area contributed by atoms with E-state index < -0.39 is 0 Å². The normalized spacial score (nSPS) is 10.6. The number of fused-ring (bicyclic) bond motifs is 1. The van der Waals surface area contributed by atoms with E-state index in [4.69, 9.17) is 0 Å². The fourth-order valence-electron chi connectivity index (χ4n) is 2.19. The van der Waals surface area contributed by atoms with E-state index in [-0.39, 0.29) is 0 Å². The van der Waals surface area contributed by atoms with Gasteiger partial charge in [-0.05, 0) is 18.6 Å². The molecule has 0 saturated heterocycles. The number of anilines is 1.